The summed E-state index contributed by atoms with van der Waals surface area (Å²) in [5, 5.41) is 10.1. The largest absolute Gasteiger partial charge is 3.00 e. The molecule has 1 aromatic heterocycles. The first-order valence-corrected chi connectivity index (χ1v) is 5.12. The Hall–Kier alpha value is -0.796. The van der Waals surface area contributed by atoms with Gasteiger partial charge < -0.3 is 29.9 Å². The van der Waals surface area contributed by atoms with E-state index in [9.17, 15) is 5.11 Å². The molecule has 3 rings (SSSR count). The summed E-state index contributed by atoms with van der Waals surface area (Å²) in [6, 6.07) is 9.08. The Morgan fingerprint density at radius 3 is 2.37 bits per heavy atom. The Labute approximate surface area is 140 Å². The molecule has 1 aliphatic carbocycles. The second kappa shape index (κ2) is 11.1. The van der Waals surface area contributed by atoms with Crippen molar-refractivity contribution in [2.24, 2.45) is 0 Å². The fraction of sp³-hybridized carbons (Fsp3) is 0.0714. The van der Waals surface area contributed by atoms with Crippen molar-refractivity contribution in [1.82, 2.24) is 4.98 Å². The van der Waals surface area contributed by atoms with Gasteiger partial charge in [-0.25, -0.2) is 12.2 Å². The van der Waals surface area contributed by atoms with Crippen molar-refractivity contribution in [3.8, 4) is 5.75 Å². The number of para-hydroxylation sites is 1. The van der Waals surface area contributed by atoms with Gasteiger partial charge in [-0.2, -0.15) is 6.08 Å². The molecule has 0 saturated heterocycles. The molecule has 0 amide bonds. The maximum Gasteiger partial charge on any atom is 3.00 e. The molecule has 1 heterocycles. The van der Waals surface area contributed by atoms with Crippen LogP contribution < -0.4 is 24.8 Å². The number of hydrogen-bond donors (Lipinski definition) is 1. The third-order valence-electron chi connectivity index (χ3n) is 2.21. The molecule has 5 heteroatoms. The van der Waals surface area contributed by atoms with Gasteiger partial charge in [0.15, 0.2) is 0 Å². The normalized spacial score (nSPS) is 10.5. The molecular formula is C14H12Cl2NOTi. The smallest absolute Gasteiger partial charge is 1.00 e. The van der Waals surface area contributed by atoms with Crippen LogP contribution in [0.15, 0.2) is 54.8 Å². The number of fused-ring (bicyclic) bond motifs is 1. The number of pyridine rings is 1. The molecule has 0 saturated carbocycles. The summed E-state index contributed by atoms with van der Waals surface area (Å²) >= 11 is 0. The van der Waals surface area contributed by atoms with Gasteiger partial charge in [-0.05, 0) is 18.2 Å². The summed E-state index contributed by atoms with van der Waals surface area (Å²) in [4.78, 5) is 4.08. The van der Waals surface area contributed by atoms with E-state index in [0.29, 0.717) is 0 Å². The van der Waals surface area contributed by atoms with Gasteiger partial charge in [0.05, 0.1) is 5.52 Å². The van der Waals surface area contributed by atoms with Gasteiger partial charge in [-0.3, -0.25) is 11.1 Å². The van der Waals surface area contributed by atoms with E-state index >= 15 is 0 Å². The van der Waals surface area contributed by atoms with Gasteiger partial charge in [0, 0.05) is 11.6 Å². The number of rotatable bonds is 0. The van der Waals surface area contributed by atoms with Crippen molar-refractivity contribution in [1.29, 1.82) is 0 Å². The molecule has 0 atom stereocenters. The maximum atomic E-state index is 9.33. The van der Waals surface area contributed by atoms with Gasteiger partial charge >= 0.3 is 21.7 Å². The van der Waals surface area contributed by atoms with Gasteiger partial charge in [-0.1, -0.05) is 12.1 Å². The van der Waals surface area contributed by atoms with Crippen molar-refractivity contribution < 1.29 is 51.6 Å². The zero-order valence-electron chi connectivity index (χ0n) is 10.1. The van der Waals surface area contributed by atoms with E-state index in [1.807, 2.05) is 36.4 Å². The molecule has 0 bridgehead atoms. The number of nitrogens with zero attached hydrogens (tertiary/aromatic N) is 1. The fourth-order valence-corrected chi connectivity index (χ4v) is 1.42. The predicted octanol–water partition coefficient (Wildman–Crippen LogP) is -2.75. The zero-order valence-corrected chi connectivity index (χ0v) is 13.1. The molecule has 0 aliphatic heterocycles. The van der Waals surface area contributed by atoms with Crippen molar-refractivity contribution in [2.45, 2.75) is 6.42 Å². The van der Waals surface area contributed by atoms with Crippen LogP contribution in [-0.4, -0.2) is 10.1 Å². The van der Waals surface area contributed by atoms with Gasteiger partial charge in [-0.15, -0.1) is 6.42 Å². The SMILES string of the molecule is Oc1ccnc2ccccc12.[C-]1=CC=CC1.[Cl-].[Cl-].[Ti+3]. The number of hydrogen-bond acceptors (Lipinski definition) is 2. The minimum atomic E-state index is 0. The first-order valence-electron chi connectivity index (χ1n) is 5.12. The van der Waals surface area contributed by atoms with Crippen LogP contribution in [0.25, 0.3) is 10.9 Å². The third-order valence-corrected chi connectivity index (χ3v) is 2.21. The first-order chi connectivity index (χ1) is 7.88. The molecule has 0 unspecified atom stereocenters. The van der Waals surface area contributed by atoms with Crippen LogP contribution in [0.4, 0.5) is 0 Å². The molecule has 2 aromatic rings. The van der Waals surface area contributed by atoms with E-state index in [1.54, 1.807) is 12.3 Å². The van der Waals surface area contributed by atoms with Gasteiger partial charge in [0.25, 0.3) is 0 Å². The quantitative estimate of drug-likeness (QED) is 0.420. The van der Waals surface area contributed by atoms with Crippen LogP contribution in [0.1, 0.15) is 6.42 Å². The Morgan fingerprint density at radius 1 is 1.11 bits per heavy atom. The molecule has 1 radical (unpaired) electrons. The van der Waals surface area contributed by atoms with Crippen molar-refractivity contribution in [2.75, 3.05) is 0 Å². The summed E-state index contributed by atoms with van der Waals surface area (Å²) in [6.07, 6.45) is 11.6. The molecule has 0 fully saturated rings. The average molecular weight is 329 g/mol. The van der Waals surface area contributed by atoms with E-state index in [0.717, 1.165) is 17.3 Å². The van der Waals surface area contributed by atoms with Crippen LogP contribution in [0.2, 0.25) is 0 Å². The van der Waals surface area contributed by atoms with Gasteiger partial charge in [0.1, 0.15) is 5.75 Å². The van der Waals surface area contributed by atoms with Crippen LogP contribution >= 0.6 is 0 Å². The Kier molecular flexibility index (Phi) is 12.0. The second-order valence-corrected chi connectivity index (χ2v) is 3.35. The molecule has 2 nitrogen and oxygen atoms in total. The first kappa shape index (κ1) is 20.5. The number of aromatic hydroxyl groups is 1. The van der Waals surface area contributed by atoms with E-state index in [-0.39, 0.29) is 52.3 Å². The fourth-order valence-electron chi connectivity index (χ4n) is 1.42. The summed E-state index contributed by atoms with van der Waals surface area (Å²) in [6.45, 7) is 0. The van der Waals surface area contributed by atoms with Crippen LogP contribution in [0, 0.1) is 6.08 Å². The third kappa shape index (κ3) is 6.26. The second-order valence-electron chi connectivity index (χ2n) is 3.35. The predicted molar refractivity (Wildman–Crippen MR) is 65.0 cm³/mol. The minimum Gasteiger partial charge on any atom is -1.00 e. The maximum absolute atomic E-state index is 9.33. The molecule has 19 heavy (non-hydrogen) atoms. The van der Waals surface area contributed by atoms with Crippen LogP contribution in [0.5, 0.6) is 5.75 Å². The summed E-state index contributed by atoms with van der Waals surface area (Å²) in [5.41, 5.74) is 0.826. The van der Waals surface area contributed by atoms with E-state index in [4.69, 9.17) is 0 Å². The van der Waals surface area contributed by atoms with Crippen LogP contribution in [0.3, 0.4) is 0 Å². The van der Waals surface area contributed by atoms with E-state index in [2.05, 4.69) is 17.1 Å². The molecular weight excluding hydrogens is 317 g/mol. The Morgan fingerprint density at radius 2 is 1.84 bits per heavy atom. The van der Waals surface area contributed by atoms with Crippen molar-refractivity contribution in [3.63, 3.8) is 0 Å². The number of aromatic nitrogens is 1. The van der Waals surface area contributed by atoms with E-state index in [1.165, 1.54) is 0 Å². The summed E-state index contributed by atoms with van der Waals surface area (Å²) in [5.74, 6) is 0.288. The van der Waals surface area contributed by atoms with Crippen LogP contribution in [-0.2, 0) is 21.7 Å². The van der Waals surface area contributed by atoms with Crippen molar-refractivity contribution >= 4 is 10.9 Å². The Balaban J connectivity index is 0. The molecule has 97 valence electrons. The average Bonchev–Trinajstić information content (AvgIpc) is 2.88. The zero-order chi connectivity index (χ0) is 11.2. The Bertz CT molecular complexity index is 528. The minimum absolute atomic E-state index is 0. The monoisotopic (exact) mass is 328 g/mol. The van der Waals surface area contributed by atoms with Gasteiger partial charge in [0.2, 0.25) is 0 Å². The topological polar surface area (TPSA) is 33.1 Å². The standard InChI is InChI=1S/C9H7NO.C5H5.2ClH.Ti/c11-9-5-6-10-8-4-2-1-3-7(8)9;1-2-4-5-3-1;;;/h1-6H,(H,10,11);1-3H,4H2;2*1H;/q;-1;;;+3/p-2. The summed E-state index contributed by atoms with van der Waals surface area (Å²) in [7, 11) is 0. The molecule has 1 aliphatic rings. The van der Waals surface area contributed by atoms with Crippen molar-refractivity contribution in [3.05, 3.63) is 60.8 Å². The molecule has 1 N–H and O–H groups in total. The summed E-state index contributed by atoms with van der Waals surface area (Å²) < 4.78 is 0. The van der Waals surface area contributed by atoms with E-state index < -0.39 is 0 Å². The number of benzene rings is 1. The molecule has 0 spiro atoms. The number of halogens is 2. The number of allylic oxidation sites excluding steroid dienone is 4. The molecule has 1 aromatic carbocycles.